The first-order valence-electron chi connectivity index (χ1n) is 5.85. The van der Waals surface area contributed by atoms with Crippen LogP contribution in [0.2, 0.25) is 0 Å². The van der Waals surface area contributed by atoms with Crippen molar-refractivity contribution in [3.8, 4) is 0 Å². The Balaban J connectivity index is 1.98. The fourth-order valence-corrected chi connectivity index (χ4v) is 1.91. The van der Waals surface area contributed by atoms with Gasteiger partial charge in [0.15, 0.2) is 0 Å². The molecule has 1 aliphatic rings. The molecule has 88 valence electrons. The van der Waals surface area contributed by atoms with Crippen molar-refractivity contribution in [2.45, 2.75) is 25.7 Å². The number of nitrogens with one attached hydrogen (secondary N) is 2. The van der Waals surface area contributed by atoms with E-state index >= 15 is 0 Å². The minimum Gasteiger partial charge on any atom is -0.338 e. The summed E-state index contributed by atoms with van der Waals surface area (Å²) in [6, 6.07) is -0.0243. The summed E-state index contributed by atoms with van der Waals surface area (Å²) in [4.78, 5) is 13.4. The van der Waals surface area contributed by atoms with Gasteiger partial charge in [0.05, 0.1) is 0 Å². The second-order valence-electron chi connectivity index (χ2n) is 4.59. The van der Waals surface area contributed by atoms with E-state index in [1.807, 2.05) is 14.1 Å². The largest absolute Gasteiger partial charge is 0.338 e. The van der Waals surface area contributed by atoms with Crippen molar-refractivity contribution in [1.82, 2.24) is 15.5 Å². The predicted octanol–water partition coefficient (Wildman–Crippen LogP) is 1.04. The maximum Gasteiger partial charge on any atom is 0.314 e. The molecule has 2 amide bonds. The van der Waals surface area contributed by atoms with Crippen LogP contribution in [0.5, 0.6) is 0 Å². The van der Waals surface area contributed by atoms with E-state index in [0.29, 0.717) is 12.5 Å². The van der Waals surface area contributed by atoms with Crippen molar-refractivity contribution in [1.29, 1.82) is 0 Å². The highest BCUT2D eigenvalue weighted by atomic mass is 16.2. The first-order chi connectivity index (χ1) is 7.18. The van der Waals surface area contributed by atoms with E-state index in [9.17, 15) is 4.79 Å². The molecule has 1 rings (SSSR count). The SMILES string of the molecule is CN(C)CCNC(=O)NCC1CCCC1. The number of rotatable bonds is 5. The molecule has 0 aromatic rings. The number of hydrogen-bond acceptors (Lipinski definition) is 2. The Labute approximate surface area is 92.4 Å². The summed E-state index contributed by atoms with van der Waals surface area (Å²) in [7, 11) is 4.00. The summed E-state index contributed by atoms with van der Waals surface area (Å²) >= 11 is 0. The number of carbonyl (C=O) groups excluding carboxylic acids is 1. The van der Waals surface area contributed by atoms with E-state index < -0.39 is 0 Å². The summed E-state index contributed by atoms with van der Waals surface area (Å²) in [6.07, 6.45) is 5.21. The van der Waals surface area contributed by atoms with E-state index in [2.05, 4.69) is 15.5 Å². The van der Waals surface area contributed by atoms with Gasteiger partial charge >= 0.3 is 6.03 Å². The van der Waals surface area contributed by atoms with Crippen LogP contribution in [0.4, 0.5) is 4.79 Å². The molecule has 0 radical (unpaired) electrons. The molecule has 4 nitrogen and oxygen atoms in total. The first kappa shape index (κ1) is 12.3. The summed E-state index contributed by atoms with van der Waals surface area (Å²) in [5.41, 5.74) is 0. The second kappa shape index (κ2) is 6.67. The van der Waals surface area contributed by atoms with Gasteiger partial charge in [0, 0.05) is 19.6 Å². The first-order valence-corrected chi connectivity index (χ1v) is 5.85. The van der Waals surface area contributed by atoms with E-state index in [4.69, 9.17) is 0 Å². The van der Waals surface area contributed by atoms with Gasteiger partial charge in [0.2, 0.25) is 0 Å². The number of hydrogen-bond donors (Lipinski definition) is 2. The van der Waals surface area contributed by atoms with Crippen LogP contribution in [0.1, 0.15) is 25.7 Å². The smallest absolute Gasteiger partial charge is 0.314 e. The van der Waals surface area contributed by atoms with Gasteiger partial charge in [-0.1, -0.05) is 12.8 Å². The lowest BCUT2D eigenvalue weighted by Gasteiger charge is -2.13. The van der Waals surface area contributed by atoms with Crippen LogP contribution in [0, 0.1) is 5.92 Å². The lowest BCUT2D eigenvalue weighted by Crippen LogP contribution is -2.40. The van der Waals surface area contributed by atoms with E-state index in [0.717, 1.165) is 13.1 Å². The Morgan fingerprint density at radius 2 is 1.93 bits per heavy atom. The van der Waals surface area contributed by atoms with Gasteiger partial charge in [-0.3, -0.25) is 0 Å². The molecule has 1 aliphatic carbocycles. The molecular formula is C11H23N3O. The van der Waals surface area contributed by atoms with Gasteiger partial charge in [0.1, 0.15) is 0 Å². The van der Waals surface area contributed by atoms with Crippen molar-refractivity contribution in [2.75, 3.05) is 33.7 Å². The lowest BCUT2D eigenvalue weighted by atomic mass is 10.1. The maximum atomic E-state index is 11.3. The van der Waals surface area contributed by atoms with Gasteiger partial charge in [-0.25, -0.2) is 4.79 Å². The highest BCUT2D eigenvalue weighted by Crippen LogP contribution is 2.23. The van der Waals surface area contributed by atoms with E-state index in [-0.39, 0.29) is 6.03 Å². The van der Waals surface area contributed by atoms with Crippen LogP contribution in [-0.2, 0) is 0 Å². The van der Waals surface area contributed by atoms with Crippen molar-refractivity contribution >= 4 is 6.03 Å². The summed E-state index contributed by atoms with van der Waals surface area (Å²) in [6.45, 7) is 2.44. The Hall–Kier alpha value is -0.770. The molecule has 0 atom stereocenters. The second-order valence-corrected chi connectivity index (χ2v) is 4.59. The van der Waals surface area contributed by atoms with Gasteiger partial charge in [0.25, 0.3) is 0 Å². The average Bonchev–Trinajstić information content (AvgIpc) is 2.66. The van der Waals surface area contributed by atoms with Crippen LogP contribution in [0.25, 0.3) is 0 Å². The van der Waals surface area contributed by atoms with Gasteiger partial charge < -0.3 is 15.5 Å². The molecule has 0 heterocycles. The molecule has 2 N–H and O–H groups in total. The fourth-order valence-electron chi connectivity index (χ4n) is 1.91. The van der Waals surface area contributed by atoms with Crippen molar-refractivity contribution in [2.24, 2.45) is 5.92 Å². The third kappa shape index (κ3) is 5.62. The van der Waals surface area contributed by atoms with Crippen LogP contribution < -0.4 is 10.6 Å². The Kier molecular flexibility index (Phi) is 5.47. The third-order valence-electron chi connectivity index (χ3n) is 2.87. The summed E-state index contributed by atoms with van der Waals surface area (Å²) in [5, 5.41) is 5.78. The number of nitrogens with zero attached hydrogens (tertiary/aromatic N) is 1. The molecule has 0 spiro atoms. The molecule has 0 saturated heterocycles. The Morgan fingerprint density at radius 3 is 2.53 bits per heavy atom. The van der Waals surface area contributed by atoms with Crippen LogP contribution >= 0.6 is 0 Å². The monoisotopic (exact) mass is 213 g/mol. The number of likely N-dealkylation sites (N-methyl/N-ethyl adjacent to an activating group) is 1. The third-order valence-corrected chi connectivity index (χ3v) is 2.87. The molecule has 1 saturated carbocycles. The quantitative estimate of drug-likeness (QED) is 0.716. The minimum atomic E-state index is -0.0243. The number of amides is 2. The molecule has 4 heteroatoms. The molecule has 1 fully saturated rings. The minimum absolute atomic E-state index is 0.0243. The topological polar surface area (TPSA) is 44.4 Å². The van der Waals surface area contributed by atoms with Gasteiger partial charge in [-0.15, -0.1) is 0 Å². The Morgan fingerprint density at radius 1 is 1.27 bits per heavy atom. The van der Waals surface area contributed by atoms with E-state index in [1.165, 1.54) is 25.7 Å². The maximum absolute atomic E-state index is 11.3. The van der Waals surface area contributed by atoms with Gasteiger partial charge in [-0.2, -0.15) is 0 Å². The standard InChI is InChI=1S/C11H23N3O/c1-14(2)8-7-12-11(15)13-9-10-5-3-4-6-10/h10H,3-9H2,1-2H3,(H2,12,13,15). The molecule has 15 heavy (non-hydrogen) atoms. The zero-order valence-electron chi connectivity index (χ0n) is 9.88. The molecule has 0 unspecified atom stereocenters. The molecule has 0 aromatic carbocycles. The fraction of sp³-hybridized carbons (Fsp3) is 0.909. The van der Waals surface area contributed by atoms with Crippen molar-refractivity contribution < 1.29 is 4.79 Å². The van der Waals surface area contributed by atoms with Crippen LogP contribution in [0.3, 0.4) is 0 Å². The molecule has 0 aromatic heterocycles. The molecule has 0 bridgehead atoms. The zero-order chi connectivity index (χ0) is 11.1. The summed E-state index contributed by atoms with van der Waals surface area (Å²) < 4.78 is 0. The predicted molar refractivity (Wildman–Crippen MR) is 61.9 cm³/mol. The Bertz CT molecular complexity index is 188. The molecular weight excluding hydrogens is 190 g/mol. The average molecular weight is 213 g/mol. The van der Waals surface area contributed by atoms with Crippen molar-refractivity contribution in [3.63, 3.8) is 0 Å². The van der Waals surface area contributed by atoms with Crippen LogP contribution in [-0.4, -0.2) is 44.7 Å². The van der Waals surface area contributed by atoms with Gasteiger partial charge in [-0.05, 0) is 32.9 Å². The summed E-state index contributed by atoms with van der Waals surface area (Å²) in [5.74, 6) is 0.713. The highest BCUT2D eigenvalue weighted by Gasteiger charge is 2.15. The van der Waals surface area contributed by atoms with E-state index in [1.54, 1.807) is 0 Å². The molecule has 0 aliphatic heterocycles. The zero-order valence-corrected chi connectivity index (χ0v) is 9.88. The number of urea groups is 1. The van der Waals surface area contributed by atoms with Crippen LogP contribution in [0.15, 0.2) is 0 Å². The lowest BCUT2D eigenvalue weighted by molar-refractivity contribution is 0.237. The normalized spacial score (nSPS) is 17.0. The van der Waals surface area contributed by atoms with Crippen molar-refractivity contribution in [3.05, 3.63) is 0 Å². The highest BCUT2D eigenvalue weighted by molar-refractivity contribution is 5.73. The number of carbonyl (C=O) groups is 1.